The Hall–Kier alpha value is -0.780. The van der Waals surface area contributed by atoms with Gasteiger partial charge in [-0.15, -0.1) is 12.3 Å². The van der Waals surface area contributed by atoms with Gasteiger partial charge in [0.1, 0.15) is 0 Å². The molecule has 1 unspecified atom stereocenters. The summed E-state index contributed by atoms with van der Waals surface area (Å²) in [7, 11) is 2.00. The lowest BCUT2D eigenvalue weighted by atomic mass is 9.97. The summed E-state index contributed by atoms with van der Waals surface area (Å²) in [5.41, 5.74) is 2.68. The predicted octanol–water partition coefficient (Wildman–Crippen LogP) is 3.82. The van der Waals surface area contributed by atoms with Crippen molar-refractivity contribution in [2.24, 2.45) is 0 Å². The van der Waals surface area contributed by atoms with Crippen LogP contribution in [-0.4, -0.2) is 7.05 Å². The Kier molecular flexibility index (Phi) is 5.59. The summed E-state index contributed by atoms with van der Waals surface area (Å²) < 4.78 is 1.13. The van der Waals surface area contributed by atoms with Gasteiger partial charge in [-0.2, -0.15) is 0 Å². The summed E-state index contributed by atoms with van der Waals surface area (Å²) in [5, 5.41) is 3.35. The van der Waals surface area contributed by atoms with Crippen molar-refractivity contribution in [1.82, 2.24) is 5.32 Å². The Morgan fingerprint density at radius 2 is 2.25 bits per heavy atom. The number of hydrogen-bond acceptors (Lipinski definition) is 1. The molecule has 0 aromatic heterocycles. The Bertz CT molecular complexity index is 379. The third-order valence-corrected chi connectivity index (χ3v) is 3.26. The minimum absolute atomic E-state index is 0.404. The van der Waals surface area contributed by atoms with Crippen LogP contribution in [0.25, 0.3) is 0 Å². The van der Waals surface area contributed by atoms with E-state index in [-0.39, 0.29) is 0 Å². The van der Waals surface area contributed by atoms with E-state index in [1.807, 2.05) is 7.05 Å². The van der Waals surface area contributed by atoms with Gasteiger partial charge in [-0.3, -0.25) is 0 Å². The van der Waals surface area contributed by atoms with Crippen LogP contribution in [0.3, 0.4) is 0 Å². The number of hydrogen-bond donors (Lipinski definition) is 1. The second kappa shape index (κ2) is 6.73. The molecule has 1 aromatic carbocycles. The molecule has 0 saturated heterocycles. The van der Waals surface area contributed by atoms with Crippen molar-refractivity contribution in [2.75, 3.05) is 7.05 Å². The molecule has 0 saturated carbocycles. The molecule has 0 aliphatic carbocycles. The number of unbranched alkanes of at least 4 members (excludes halogenated alkanes) is 1. The fraction of sp³-hybridized carbons (Fsp3) is 0.429. The maximum Gasteiger partial charge on any atom is 0.0320 e. The largest absolute Gasteiger partial charge is 0.313 e. The minimum Gasteiger partial charge on any atom is -0.313 e. The van der Waals surface area contributed by atoms with E-state index in [0.717, 1.165) is 23.7 Å². The van der Waals surface area contributed by atoms with Gasteiger partial charge in [-0.25, -0.2) is 0 Å². The Morgan fingerprint density at radius 3 is 2.81 bits per heavy atom. The summed E-state index contributed by atoms with van der Waals surface area (Å²) in [6.07, 6.45) is 8.28. The number of nitrogens with one attached hydrogen (secondary N) is 1. The zero-order valence-corrected chi connectivity index (χ0v) is 11.5. The van der Waals surface area contributed by atoms with Crippen LogP contribution in [0.1, 0.15) is 36.4 Å². The van der Waals surface area contributed by atoms with Gasteiger partial charge >= 0.3 is 0 Å². The molecule has 0 heterocycles. The first kappa shape index (κ1) is 13.3. The van der Waals surface area contributed by atoms with Crippen LogP contribution in [-0.2, 0) is 0 Å². The smallest absolute Gasteiger partial charge is 0.0320 e. The topological polar surface area (TPSA) is 12.0 Å². The van der Waals surface area contributed by atoms with Gasteiger partial charge in [0.15, 0.2) is 0 Å². The lowest BCUT2D eigenvalue weighted by Crippen LogP contribution is -2.17. The quantitative estimate of drug-likeness (QED) is 0.638. The number of rotatable bonds is 5. The van der Waals surface area contributed by atoms with E-state index in [4.69, 9.17) is 6.42 Å². The highest BCUT2D eigenvalue weighted by atomic mass is 79.9. The number of halogens is 1. The maximum absolute atomic E-state index is 5.27. The summed E-state index contributed by atoms with van der Waals surface area (Å²) in [4.78, 5) is 0. The van der Waals surface area contributed by atoms with Crippen molar-refractivity contribution in [3.05, 3.63) is 33.8 Å². The highest BCUT2D eigenvalue weighted by Gasteiger charge is 2.11. The van der Waals surface area contributed by atoms with Crippen LogP contribution in [0.4, 0.5) is 0 Å². The Balaban J connectivity index is 2.75. The van der Waals surface area contributed by atoms with E-state index < -0.39 is 0 Å². The van der Waals surface area contributed by atoms with Crippen LogP contribution in [0.15, 0.2) is 22.7 Å². The highest BCUT2D eigenvalue weighted by Crippen LogP contribution is 2.24. The molecular formula is C14H18BrN. The minimum atomic E-state index is 0.404. The monoisotopic (exact) mass is 279 g/mol. The lowest BCUT2D eigenvalue weighted by molar-refractivity contribution is 0.530. The van der Waals surface area contributed by atoms with E-state index in [9.17, 15) is 0 Å². The summed E-state index contributed by atoms with van der Waals surface area (Å²) in [5.74, 6) is 2.69. The lowest BCUT2D eigenvalue weighted by Gasteiger charge is -2.18. The van der Waals surface area contributed by atoms with Crippen LogP contribution in [0.5, 0.6) is 0 Å². The Labute approximate surface area is 107 Å². The van der Waals surface area contributed by atoms with Gasteiger partial charge in [0.25, 0.3) is 0 Å². The van der Waals surface area contributed by atoms with Gasteiger partial charge in [0.05, 0.1) is 0 Å². The molecule has 0 fully saturated rings. The van der Waals surface area contributed by atoms with Crippen LogP contribution in [0, 0.1) is 19.3 Å². The molecule has 0 aliphatic rings. The first-order valence-electron chi connectivity index (χ1n) is 5.55. The fourth-order valence-electron chi connectivity index (χ4n) is 1.89. The number of benzene rings is 1. The molecule has 0 aliphatic heterocycles. The van der Waals surface area contributed by atoms with E-state index in [1.54, 1.807) is 0 Å². The van der Waals surface area contributed by atoms with Crippen molar-refractivity contribution in [3.63, 3.8) is 0 Å². The molecule has 2 heteroatoms. The molecule has 86 valence electrons. The molecule has 0 bridgehead atoms. The molecular weight excluding hydrogens is 262 g/mol. The standard InChI is InChI=1S/C14H18BrN/c1-4-5-6-7-14(16-3)13-9-8-12(15)10-11(13)2/h1,8-10,14,16H,5-7H2,2-3H3. The van der Waals surface area contributed by atoms with Crippen molar-refractivity contribution in [1.29, 1.82) is 0 Å². The second-order valence-corrected chi connectivity index (χ2v) is 4.85. The number of aryl methyl sites for hydroxylation is 1. The summed E-state index contributed by atoms with van der Waals surface area (Å²) in [6, 6.07) is 6.83. The van der Waals surface area contributed by atoms with Gasteiger partial charge in [0, 0.05) is 16.9 Å². The van der Waals surface area contributed by atoms with Crippen LogP contribution in [0.2, 0.25) is 0 Å². The third-order valence-electron chi connectivity index (χ3n) is 2.77. The molecule has 1 aromatic rings. The van der Waals surface area contributed by atoms with Crippen LogP contribution >= 0.6 is 15.9 Å². The van der Waals surface area contributed by atoms with Gasteiger partial charge in [-0.05, 0) is 50.1 Å². The van der Waals surface area contributed by atoms with Gasteiger partial charge < -0.3 is 5.32 Å². The third kappa shape index (κ3) is 3.66. The molecule has 1 atom stereocenters. The van der Waals surface area contributed by atoms with E-state index in [0.29, 0.717) is 6.04 Å². The maximum atomic E-state index is 5.27. The zero-order valence-electron chi connectivity index (χ0n) is 9.89. The average molecular weight is 280 g/mol. The predicted molar refractivity (Wildman–Crippen MR) is 73.4 cm³/mol. The van der Waals surface area contributed by atoms with Crippen LogP contribution < -0.4 is 5.32 Å². The molecule has 1 nitrogen and oxygen atoms in total. The summed E-state index contributed by atoms with van der Waals surface area (Å²) in [6.45, 7) is 2.14. The first-order chi connectivity index (χ1) is 7.69. The van der Waals surface area contributed by atoms with Gasteiger partial charge in [0.2, 0.25) is 0 Å². The molecule has 1 rings (SSSR count). The Morgan fingerprint density at radius 1 is 1.50 bits per heavy atom. The SMILES string of the molecule is C#CCCCC(NC)c1ccc(Br)cc1C. The van der Waals surface area contributed by atoms with E-state index >= 15 is 0 Å². The average Bonchev–Trinajstić information content (AvgIpc) is 2.26. The zero-order chi connectivity index (χ0) is 12.0. The van der Waals surface area contributed by atoms with Gasteiger partial charge in [-0.1, -0.05) is 22.0 Å². The molecule has 16 heavy (non-hydrogen) atoms. The second-order valence-electron chi connectivity index (χ2n) is 3.94. The molecule has 0 radical (unpaired) electrons. The first-order valence-corrected chi connectivity index (χ1v) is 6.35. The summed E-state index contributed by atoms with van der Waals surface area (Å²) >= 11 is 3.48. The fourth-order valence-corrected chi connectivity index (χ4v) is 2.37. The normalized spacial score (nSPS) is 12.1. The van der Waals surface area contributed by atoms with Crippen molar-refractivity contribution < 1.29 is 0 Å². The van der Waals surface area contributed by atoms with E-state index in [1.165, 1.54) is 11.1 Å². The van der Waals surface area contributed by atoms with Crippen molar-refractivity contribution >= 4 is 15.9 Å². The van der Waals surface area contributed by atoms with E-state index in [2.05, 4.69) is 52.3 Å². The number of terminal acetylenes is 1. The highest BCUT2D eigenvalue weighted by molar-refractivity contribution is 9.10. The molecule has 0 amide bonds. The molecule has 1 N–H and O–H groups in total. The van der Waals surface area contributed by atoms with Crippen molar-refractivity contribution in [2.45, 2.75) is 32.2 Å². The molecule has 0 spiro atoms. The van der Waals surface area contributed by atoms with Crippen molar-refractivity contribution in [3.8, 4) is 12.3 Å².